The lowest BCUT2D eigenvalue weighted by atomic mass is 10.1. The third-order valence-electron chi connectivity index (χ3n) is 4.91. The van der Waals surface area contributed by atoms with E-state index in [1.807, 2.05) is 87.5 Å². The molecule has 31 heavy (non-hydrogen) atoms. The van der Waals surface area contributed by atoms with Gasteiger partial charge in [-0.3, -0.25) is 4.79 Å². The van der Waals surface area contributed by atoms with Crippen molar-refractivity contribution in [3.8, 4) is 11.8 Å². The molecule has 0 aliphatic rings. The van der Waals surface area contributed by atoms with Gasteiger partial charge in [0.05, 0.1) is 4.47 Å². The van der Waals surface area contributed by atoms with Gasteiger partial charge in [-0.1, -0.05) is 42.0 Å². The number of ether oxygens (including phenoxy) is 1. The standard InChI is InChI=1S/C26H23BrN2O2/c1-17-4-7-20(8-5-17)16-31-25-11-9-21(14-24(25)27)13-22(15-28)26(30)29-23-10-6-18(2)19(3)12-23/h4-14H,16H2,1-3H3,(H,29,30)/b22-13+. The van der Waals surface area contributed by atoms with Crippen LogP contribution in [-0.4, -0.2) is 5.91 Å². The summed E-state index contributed by atoms with van der Waals surface area (Å²) in [6.45, 7) is 6.49. The summed E-state index contributed by atoms with van der Waals surface area (Å²) in [6, 6.07) is 21.3. The Morgan fingerprint density at radius 1 is 1.03 bits per heavy atom. The van der Waals surface area contributed by atoms with Crippen LogP contribution in [0.4, 0.5) is 5.69 Å². The molecule has 0 unspecified atom stereocenters. The fourth-order valence-electron chi connectivity index (χ4n) is 2.90. The maximum Gasteiger partial charge on any atom is 0.266 e. The van der Waals surface area contributed by atoms with Gasteiger partial charge in [-0.25, -0.2) is 0 Å². The Morgan fingerprint density at radius 2 is 1.77 bits per heavy atom. The molecular weight excluding hydrogens is 452 g/mol. The number of anilines is 1. The number of rotatable bonds is 6. The Labute approximate surface area is 191 Å². The van der Waals surface area contributed by atoms with Crippen molar-refractivity contribution in [3.63, 3.8) is 0 Å². The Balaban J connectivity index is 1.70. The second-order valence-electron chi connectivity index (χ2n) is 7.39. The minimum Gasteiger partial charge on any atom is -0.488 e. The highest BCUT2D eigenvalue weighted by molar-refractivity contribution is 9.10. The van der Waals surface area contributed by atoms with E-state index in [2.05, 4.69) is 21.2 Å². The van der Waals surface area contributed by atoms with Crippen LogP contribution in [0.5, 0.6) is 5.75 Å². The molecule has 1 amide bonds. The predicted molar refractivity (Wildman–Crippen MR) is 128 cm³/mol. The number of halogens is 1. The fourth-order valence-corrected chi connectivity index (χ4v) is 3.41. The molecule has 4 nitrogen and oxygen atoms in total. The van der Waals surface area contributed by atoms with Crippen molar-refractivity contribution >= 4 is 33.6 Å². The maximum atomic E-state index is 12.5. The molecule has 0 saturated carbocycles. The second-order valence-corrected chi connectivity index (χ2v) is 8.24. The monoisotopic (exact) mass is 474 g/mol. The Bertz CT molecular complexity index is 1180. The molecule has 0 spiro atoms. The number of nitrogens with zero attached hydrogens (tertiary/aromatic N) is 1. The summed E-state index contributed by atoms with van der Waals surface area (Å²) >= 11 is 3.51. The van der Waals surface area contributed by atoms with Crippen LogP contribution in [0.2, 0.25) is 0 Å². The van der Waals surface area contributed by atoms with Crippen molar-refractivity contribution < 1.29 is 9.53 Å². The summed E-state index contributed by atoms with van der Waals surface area (Å²) in [5, 5.41) is 12.3. The summed E-state index contributed by atoms with van der Waals surface area (Å²) in [4.78, 5) is 12.5. The van der Waals surface area contributed by atoms with Gasteiger partial charge in [0.25, 0.3) is 5.91 Å². The highest BCUT2D eigenvalue weighted by Gasteiger charge is 2.11. The van der Waals surface area contributed by atoms with E-state index >= 15 is 0 Å². The number of hydrogen-bond acceptors (Lipinski definition) is 3. The number of benzene rings is 3. The summed E-state index contributed by atoms with van der Waals surface area (Å²) in [7, 11) is 0. The van der Waals surface area contributed by atoms with Gasteiger partial charge in [-0.2, -0.15) is 5.26 Å². The van der Waals surface area contributed by atoms with Gasteiger partial charge in [-0.05, 0) is 89.3 Å². The molecular formula is C26H23BrN2O2. The van der Waals surface area contributed by atoms with Crippen LogP contribution < -0.4 is 10.1 Å². The quantitative estimate of drug-likeness (QED) is 0.327. The number of carbonyl (C=O) groups is 1. The predicted octanol–water partition coefficient (Wildman–Crippen LogP) is 6.50. The van der Waals surface area contributed by atoms with Crippen molar-refractivity contribution in [2.75, 3.05) is 5.32 Å². The van der Waals surface area contributed by atoms with E-state index in [1.165, 1.54) is 5.56 Å². The zero-order valence-corrected chi connectivity index (χ0v) is 19.3. The Hall–Kier alpha value is -3.36. The summed E-state index contributed by atoms with van der Waals surface area (Å²) in [5.41, 5.74) is 5.91. The first kappa shape index (κ1) is 22.3. The molecule has 3 rings (SSSR count). The third-order valence-corrected chi connectivity index (χ3v) is 5.53. The molecule has 3 aromatic rings. The number of nitrogens with one attached hydrogen (secondary N) is 1. The molecule has 0 fully saturated rings. The number of carbonyl (C=O) groups excluding carboxylic acids is 1. The van der Waals surface area contributed by atoms with Gasteiger partial charge >= 0.3 is 0 Å². The van der Waals surface area contributed by atoms with E-state index in [0.717, 1.165) is 26.7 Å². The normalized spacial score (nSPS) is 11.0. The highest BCUT2D eigenvalue weighted by atomic mass is 79.9. The van der Waals surface area contributed by atoms with Crippen LogP contribution in [0.1, 0.15) is 27.8 Å². The molecule has 0 bridgehead atoms. The summed E-state index contributed by atoms with van der Waals surface area (Å²) < 4.78 is 6.63. The molecule has 0 aliphatic heterocycles. The lowest BCUT2D eigenvalue weighted by molar-refractivity contribution is -0.112. The number of hydrogen-bond donors (Lipinski definition) is 1. The fraction of sp³-hybridized carbons (Fsp3) is 0.154. The van der Waals surface area contributed by atoms with Crippen molar-refractivity contribution in [2.45, 2.75) is 27.4 Å². The molecule has 0 aliphatic carbocycles. The molecule has 0 radical (unpaired) electrons. The van der Waals surface area contributed by atoms with Crippen LogP contribution in [-0.2, 0) is 11.4 Å². The zero-order chi connectivity index (χ0) is 22.4. The average molecular weight is 475 g/mol. The van der Waals surface area contributed by atoms with Crippen LogP contribution in [0, 0.1) is 32.1 Å². The smallest absolute Gasteiger partial charge is 0.266 e. The van der Waals surface area contributed by atoms with Gasteiger partial charge in [-0.15, -0.1) is 0 Å². The van der Waals surface area contributed by atoms with E-state index in [4.69, 9.17) is 4.74 Å². The van der Waals surface area contributed by atoms with Crippen LogP contribution in [0.15, 0.2) is 70.7 Å². The number of aryl methyl sites for hydroxylation is 3. The Morgan fingerprint density at radius 3 is 2.42 bits per heavy atom. The number of nitriles is 1. The Kier molecular flexibility index (Phi) is 7.28. The minimum absolute atomic E-state index is 0.0263. The minimum atomic E-state index is -0.443. The molecule has 156 valence electrons. The third kappa shape index (κ3) is 6.07. The molecule has 1 N–H and O–H groups in total. The summed E-state index contributed by atoms with van der Waals surface area (Å²) in [6.07, 6.45) is 1.56. The molecule has 0 saturated heterocycles. The summed E-state index contributed by atoms with van der Waals surface area (Å²) in [5.74, 6) is 0.248. The van der Waals surface area contributed by atoms with Gasteiger partial charge in [0.2, 0.25) is 0 Å². The lowest BCUT2D eigenvalue weighted by Crippen LogP contribution is -2.13. The second kappa shape index (κ2) is 10.1. The van der Waals surface area contributed by atoms with E-state index in [-0.39, 0.29) is 5.57 Å². The lowest BCUT2D eigenvalue weighted by Gasteiger charge is -2.10. The van der Waals surface area contributed by atoms with Gasteiger partial charge in [0.1, 0.15) is 24.0 Å². The maximum absolute atomic E-state index is 12.5. The van der Waals surface area contributed by atoms with E-state index in [1.54, 1.807) is 6.08 Å². The largest absolute Gasteiger partial charge is 0.488 e. The van der Waals surface area contributed by atoms with Crippen molar-refractivity contribution in [1.29, 1.82) is 5.26 Å². The molecule has 0 aromatic heterocycles. The van der Waals surface area contributed by atoms with E-state index in [0.29, 0.717) is 18.0 Å². The van der Waals surface area contributed by atoms with Crippen molar-refractivity contribution in [2.24, 2.45) is 0 Å². The molecule has 0 atom stereocenters. The van der Waals surface area contributed by atoms with Crippen LogP contribution in [0.25, 0.3) is 6.08 Å². The highest BCUT2D eigenvalue weighted by Crippen LogP contribution is 2.28. The molecule has 5 heteroatoms. The van der Waals surface area contributed by atoms with E-state index < -0.39 is 5.91 Å². The first-order valence-electron chi connectivity index (χ1n) is 9.84. The van der Waals surface area contributed by atoms with Gasteiger partial charge in [0, 0.05) is 5.69 Å². The van der Waals surface area contributed by atoms with E-state index in [9.17, 15) is 10.1 Å². The molecule has 3 aromatic carbocycles. The average Bonchev–Trinajstić information content (AvgIpc) is 2.75. The van der Waals surface area contributed by atoms with Gasteiger partial charge in [0.15, 0.2) is 0 Å². The van der Waals surface area contributed by atoms with Crippen LogP contribution >= 0.6 is 15.9 Å². The first-order chi connectivity index (χ1) is 14.9. The number of amides is 1. The van der Waals surface area contributed by atoms with Gasteiger partial charge < -0.3 is 10.1 Å². The topological polar surface area (TPSA) is 62.1 Å². The first-order valence-corrected chi connectivity index (χ1v) is 10.6. The van der Waals surface area contributed by atoms with Crippen molar-refractivity contribution in [3.05, 3.63) is 98.5 Å². The molecule has 0 heterocycles. The SMILES string of the molecule is Cc1ccc(COc2ccc(/C=C(\C#N)C(=O)Nc3ccc(C)c(C)c3)cc2Br)cc1. The van der Waals surface area contributed by atoms with Crippen molar-refractivity contribution in [1.82, 2.24) is 0 Å². The zero-order valence-electron chi connectivity index (χ0n) is 17.7. The van der Waals surface area contributed by atoms with Crippen LogP contribution in [0.3, 0.4) is 0 Å².